The fraction of sp³-hybridized carbons (Fsp3) is 0. The summed E-state index contributed by atoms with van der Waals surface area (Å²) in [5.74, 6) is 0. The average molecular weight is 184 g/mol. The number of imidazole rings is 1. The molecule has 0 unspecified atom stereocenters. The van der Waals surface area contributed by atoms with Gasteiger partial charge in [0.25, 0.3) is 0 Å². The second-order valence-electron chi connectivity index (χ2n) is 2.87. The molecule has 1 aromatic carbocycles. The quantitative estimate of drug-likeness (QED) is 0.680. The van der Waals surface area contributed by atoms with Crippen molar-refractivity contribution in [2.75, 3.05) is 5.73 Å². The summed E-state index contributed by atoms with van der Waals surface area (Å²) in [4.78, 5) is 3.90. The van der Waals surface area contributed by atoms with Gasteiger partial charge in [-0.25, -0.2) is 4.98 Å². The van der Waals surface area contributed by atoms with E-state index in [0.717, 1.165) is 11.4 Å². The highest BCUT2D eigenvalue weighted by Gasteiger charge is 1.98. The van der Waals surface area contributed by atoms with Crippen LogP contribution in [-0.2, 0) is 0 Å². The lowest BCUT2D eigenvalue weighted by atomic mass is 10.3. The number of nitrogens with two attached hydrogens (primary N) is 1. The smallest absolute Gasteiger partial charge is 0.158 e. The van der Waals surface area contributed by atoms with E-state index in [1.54, 1.807) is 29.2 Å². The van der Waals surface area contributed by atoms with Gasteiger partial charge in [0.2, 0.25) is 0 Å². The van der Waals surface area contributed by atoms with Crippen LogP contribution in [0.5, 0.6) is 0 Å². The molecular weight excluding hydrogens is 176 g/mol. The Balaban J connectivity index is 2.40. The Bertz CT molecular complexity index is 476. The lowest BCUT2D eigenvalue weighted by molar-refractivity contribution is 1.06. The normalized spacial score (nSPS) is 9.64. The van der Waals surface area contributed by atoms with E-state index in [1.165, 1.54) is 0 Å². The van der Waals surface area contributed by atoms with Gasteiger partial charge in [-0.05, 0) is 24.3 Å². The third-order valence-corrected chi connectivity index (χ3v) is 1.89. The van der Waals surface area contributed by atoms with Crippen LogP contribution in [0.4, 0.5) is 5.69 Å². The van der Waals surface area contributed by atoms with E-state index in [-0.39, 0.29) is 0 Å². The SMILES string of the molecule is N#Cc1cn(-c2ccc(N)cc2)cn1. The van der Waals surface area contributed by atoms with Crippen molar-refractivity contribution in [3.05, 3.63) is 42.5 Å². The molecule has 0 saturated heterocycles. The highest BCUT2D eigenvalue weighted by molar-refractivity contribution is 5.45. The van der Waals surface area contributed by atoms with Gasteiger partial charge in [0.1, 0.15) is 12.4 Å². The highest BCUT2D eigenvalue weighted by Crippen LogP contribution is 2.10. The van der Waals surface area contributed by atoms with E-state index in [4.69, 9.17) is 11.0 Å². The summed E-state index contributed by atoms with van der Waals surface area (Å²) in [5, 5.41) is 8.60. The number of nitriles is 1. The maximum absolute atomic E-state index is 8.60. The number of anilines is 1. The summed E-state index contributed by atoms with van der Waals surface area (Å²) < 4.78 is 1.78. The van der Waals surface area contributed by atoms with E-state index in [2.05, 4.69) is 4.98 Å². The van der Waals surface area contributed by atoms with Gasteiger partial charge in [-0.1, -0.05) is 0 Å². The molecule has 0 spiro atoms. The van der Waals surface area contributed by atoms with Crippen LogP contribution in [0.3, 0.4) is 0 Å². The first kappa shape index (κ1) is 8.32. The molecule has 0 amide bonds. The van der Waals surface area contributed by atoms with Crippen molar-refractivity contribution in [2.45, 2.75) is 0 Å². The van der Waals surface area contributed by atoms with Crippen LogP contribution in [0, 0.1) is 11.3 Å². The minimum absolute atomic E-state index is 0.404. The van der Waals surface area contributed by atoms with E-state index in [1.807, 2.05) is 18.2 Å². The van der Waals surface area contributed by atoms with E-state index in [0.29, 0.717) is 5.69 Å². The zero-order chi connectivity index (χ0) is 9.97. The first-order valence-corrected chi connectivity index (χ1v) is 4.09. The van der Waals surface area contributed by atoms with Gasteiger partial charge in [0.15, 0.2) is 5.69 Å². The predicted octanol–water partition coefficient (Wildman–Crippen LogP) is 1.33. The van der Waals surface area contributed by atoms with Crippen molar-refractivity contribution in [3.63, 3.8) is 0 Å². The molecule has 1 heterocycles. The molecule has 0 radical (unpaired) electrons. The summed E-state index contributed by atoms with van der Waals surface area (Å²) in [6.45, 7) is 0. The minimum Gasteiger partial charge on any atom is -0.399 e. The summed E-state index contributed by atoms with van der Waals surface area (Å²) >= 11 is 0. The maximum atomic E-state index is 8.60. The van der Waals surface area contributed by atoms with Gasteiger partial charge in [-0.2, -0.15) is 5.26 Å². The average Bonchev–Trinajstić information content (AvgIpc) is 2.67. The lowest BCUT2D eigenvalue weighted by Gasteiger charge is -2.00. The fourth-order valence-corrected chi connectivity index (χ4v) is 1.17. The molecule has 0 saturated carbocycles. The number of hydrogen-bond acceptors (Lipinski definition) is 3. The molecule has 4 nitrogen and oxygen atoms in total. The monoisotopic (exact) mass is 184 g/mol. The maximum Gasteiger partial charge on any atom is 0.158 e. The van der Waals surface area contributed by atoms with Crippen molar-refractivity contribution in [1.82, 2.24) is 9.55 Å². The van der Waals surface area contributed by atoms with Crippen LogP contribution in [-0.4, -0.2) is 9.55 Å². The predicted molar refractivity (Wildman–Crippen MR) is 52.7 cm³/mol. The van der Waals surface area contributed by atoms with Gasteiger partial charge < -0.3 is 10.3 Å². The summed E-state index contributed by atoms with van der Waals surface area (Å²) in [5.41, 5.74) is 7.62. The number of rotatable bonds is 1. The van der Waals surface area contributed by atoms with Crippen molar-refractivity contribution < 1.29 is 0 Å². The van der Waals surface area contributed by atoms with E-state index < -0.39 is 0 Å². The largest absolute Gasteiger partial charge is 0.399 e. The fourth-order valence-electron chi connectivity index (χ4n) is 1.17. The van der Waals surface area contributed by atoms with Gasteiger partial charge >= 0.3 is 0 Å². The van der Waals surface area contributed by atoms with Crippen molar-refractivity contribution in [2.24, 2.45) is 0 Å². The molecule has 2 aromatic rings. The minimum atomic E-state index is 0.404. The Labute approximate surface area is 81.2 Å². The molecule has 2 N–H and O–H groups in total. The molecule has 0 aliphatic heterocycles. The molecule has 0 atom stereocenters. The first-order chi connectivity index (χ1) is 6.79. The van der Waals surface area contributed by atoms with E-state index >= 15 is 0 Å². The Morgan fingerprint density at radius 2 is 2.00 bits per heavy atom. The molecule has 2 rings (SSSR count). The third kappa shape index (κ3) is 1.43. The number of hydrogen-bond donors (Lipinski definition) is 1. The van der Waals surface area contributed by atoms with Crippen LogP contribution in [0.15, 0.2) is 36.8 Å². The molecule has 14 heavy (non-hydrogen) atoms. The molecule has 0 bridgehead atoms. The Hall–Kier alpha value is -2.28. The summed E-state index contributed by atoms with van der Waals surface area (Å²) in [6, 6.07) is 9.33. The molecular formula is C10H8N4. The second kappa shape index (κ2) is 3.23. The number of benzene rings is 1. The number of aromatic nitrogens is 2. The van der Waals surface area contributed by atoms with Crippen LogP contribution in [0.25, 0.3) is 5.69 Å². The summed E-state index contributed by atoms with van der Waals surface area (Å²) in [6.07, 6.45) is 3.27. The standard InChI is InChI=1S/C10H8N4/c11-5-9-6-14(7-13-9)10-3-1-8(12)2-4-10/h1-4,6-7H,12H2. The van der Waals surface area contributed by atoms with Crippen molar-refractivity contribution in [3.8, 4) is 11.8 Å². The zero-order valence-electron chi connectivity index (χ0n) is 7.38. The molecule has 0 fully saturated rings. The molecule has 0 aliphatic carbocycles. The molecule has 1 aromatic heterocycles. The zero-order valence-corrected chi connectivity index (χ0v) is 7.38. The van der Waals surface area contributed by atoms with Crippen molar-refractivity contribution >= 4 is 5.69 Å². The molecule has 0 aliphatic rings. The summed E-state index contributed by atoms with van der Waals surface area (Å²) in [7, 11) is 0. The Morgan fingerprint density at radius 3 is 2.57 bits per heavy atom. The van der Waals surface area contributed by atoms with Crippen LogP contribution in [0.2, 0.25) is 0 Å². The van der Waals surface area contributed by atoms with Gasteiger partial charge in [0, 0.05) is 17.6 Å². The highest BCUT2D eigenvalue weighted by atomic mass is 15.0. The number of nitrogens with zero attached hydrogens (tertiary/aromatic N) is 3. The molecule has 4 heteroatoms. The van der Waals surface area contributed by atoms with Gasteiger partial charge in [0.05, 0.1) is 0 Å². The van der Waals surface area contributed by atoms with Crippen LogP contribution >= 0.6 is 0 Å². The van der Waals surface area contributed by atoms with Crippen LogP contribution in [0.1, 0.15) is 5.69 Å². The van der Waals surface area contributed by atoms with E-state index in [9.17, 15) is 0 Å². The second-order valence-corrected chi connectivity index (χ2v) is 2.87. The van der Waals surface area contributed by atoms with Crippen molar-refractivity contribution in [1.29, 1.82) is 5.26 Å². The Kier molecular flexibility index (Phi) is 1.92. The topological polar surface area (TPSA) is 67.6 Å². The number of nitrogen functional groups attached to an aromatic ring is 1. The Morgan fingerprint density at radius 1 is 1.29 bits per heavy atom. The lowest BCUT2D eigenvalue weighted by Crippen LogP contribution is -1.90. The first-order valence-electron chi connectivity index (χ1n) is 4.09. The van der Waals surface area contributed by atoms with Gasteiger partial charge in [-0.3, -0.25) is 0 Å². The van der Waals surface area contributed by atoms with Crippen LogP contribution < -0.4 is 5.73 Å². The van der Waals surface area contributed by atoms with Gasteiger partial charge in [-0.15, -0.1) is 0 Å². The molecule has 68 valence electrons. The third-order valence-electron chi connectivity index (χ3n) is 1.89.